The van der Waals surface area contributed by atoms with Crippen molar-refractivity contribution in [1.29, 1.82) is 5.26 Å². The van der Waals surface area contributed by atoms with E-state index in [1.54, 1.807) is 0 Å². The molecule has 0 N–H and O–H groups in total. The molecule has 1 aliphatic rings. The summed E-state index contributed by atoms with van der Waals surface area (Å²) in [5.41, 5.74) is 1.31. The van der Waals surface area contributed by atoms with Crippen molar-refractivity contribution in [2.75, 3.05) is 32.7 Å². The van der Waals surface area contributed by atoms with Gasteiger partial charge >= 0.3 is 0 Å². The SMILES string of the molecule is N#CCCN1CCCN(Cc2ccc(Cl)cc2)CC1. The Bertz CT molecular complexity index is 424. The molecule has 1 fully saturated rings. The molecular weight excluding hydrogens is 258 g/mol. The van der Waals surface area contributed by atoms with Gasteiger partial charge in [-0.2, -0.15) is 5.26 Å². The molecule has 2 rings (SSSR count). The molecule has 4 heteroatoms. The molecule has 0 unspecified atom stereocenters. The molecular formula is C15H20ClN3. The number of hydrogen-bond acceptors (Lipinski definition) is 3. The average Bonchev–Trinajstić information content (AvgIpc) is 2.64. The lowest BCUT2D eigenvalue weighted by molar-refractivity contribution is 0.254. The smallest absolute Gasteiger partial charge is 0.0635 e. The summed E-state index contributed by atoms with van der Waals surface area (Å²) in [6.45, 7) is 6.28. The van der Waals surface area contributed by atoms with Gasteiger partial charge < -0.3 is 4.90 Å². The Morgan fingerprint density at radius 1 is 1.05 bits per heavy atom. The molecule has 0 atom stereocenters. The van der Waals surface area contributed by atoms with Crippen molar-refractivity contribution in [1.82, 2.24) is 9.80 Å². The molecule has 3 nitrogen and oxygen atoms in total. The Balaban J connectivity index is 1.82. The lowest BCUT2D eigenvalue weighted by Crippen LogP contribution is -2.31. The molecule has 0 spiro atoms. The van der Waals surface area contributed by atoms with Crippen LogP contribution in [0.5, 0.6) is 0 Å². The van der Waals surface area contributed by atoms with Crippen LogP contribution in [0.1, 0.15) is 18.4 Å². The van der Waals surface area contributed by atoms with E-state index in [9.17, 15) is 0 Å². The minimum atomic E-state index is 0.636. The van der Waals surface area contributed by atoms with Gasteiger partial charge in [0.25, 0.3) is 0 Å². The van der Waals surface area contributed by atoms with Gasteiger partial charge in [0.05, 0.1) is 6.07 Å². The van der Waals surface area contributed by atoms with E-state index in [0.717, 1.165) is 44.3 Å². The van der Waals surface area contributed by atoms with Gasteiger partial charge in [-0.25, -0.2) is 0 Å². The van der Waals surface area contributed by atoms with Crippen LogP contribution >= 0.6 is 11.6 Å². The lowest BCUT2D eigenvalue weighted by atomic mass is 10.2. The van der Waals surface area contributed by atoms with Gasteiger partial charge in [-0.3, -0.25) is 4.90 Å². The van der Waals surface area contributed by atoms with E-state index in [2.05, 4.69) is 28.0 Å². The van der Waals surface area contributed by atoms with Crippen molar-refractivity contribution in [3.63, 3.8) is 0 Å². The molecule has 0 amide bonds. The summed E-state index contributed by atoms with van der Waals surface area (Å²) in [4.78, 5) is 4.88. The number of benzene rings is 1. The van der Waals surface area contributed by atoms with Crippen LogP contribution in [0.2, 0.25) is 5.02 Å². The number of rotatable bonds is 4. The third-order valence-electron chi connectivity index (χ3n) is 3.54. The zero-order valence-electron chi connectivity index (χ0n) is 11.2. The molecule has 0 radical (unpaired) electrons. The quantitative estimate of drug-likeness (QED) is 0.848. The van der Waals surface area contributed by atoms with E-state index >= 15 is 0 Å². The van der Waals surface area contributed by atoms with Gasteiger partial charge in [-0.05, 0) is 37.2 Å². The molecule has 0 aromatic heterocycles. The minimum absolute atomic E-state index is 0.636. The Hall–Kier alpha value is -1.08. The molecule has 1 heterocycles. The number of hydrogen-bond donors (Lipinski definition) is 0. The third-order valence-corrected chi connectivity index (χ3v) is 3.79. The fourth-order valence-electron chi connectivity index (χ4n) is 2.46. The van der Waals surface area contributed by atoms with E-state index < -0.39 is 0 Å². The number of halogens is 1. The Kier molecular flexibility index (Phi) is 5.65. The van der Waals surface area contributed by atoms with Crippen LogP contribution in [0.25, 0.3) is 0 Å². The van der Waals surface area contributed by atoms with E-state index in [-0.39, 0.29) is 0 Å². The van der Waals surface area contributed by atoms with Crippen molar-refractivity contribution in [3.05, 3.63) is 34.9 Å². The first-order valence-corrected chi connectivity index (χ1v) is 7.22. The second-order valence-corrected chi connectivity index (χ2v) is 5.44. The topological polar surface area (TPSA) is 30.3 Å². The summed E-state index contributed by atoms with van der Waals surface area (Å²) >= 11 is 5.90. The minimum Gasteiger partial charge on any atom is -0.301 e. The predicted octanol–water partition coefficient (Wildman–Crippen LogP) is 2.76. The summed E-state index contributed by atoms with van der Waals surface area (Å²) in [7, 11) is 0. The molecule has 1 aromatic rings. The van der Waals surface area contributed by atoms with Crippen LogP contribution in [0, 0.1) is 11.3 Å². The van der Waals surface area contributed by atoms with Gasteiger partial charge in [-0.1, -0.05) is 23.7 Å². The summed E-state index contributed by atoms with van der Waals surface area (Å²) in [5.74, 6) is 0. The Morgan fingerprint density at radius 3 is 2.47 bits per heavy atom. The zero-order valence-corrected chi connectivity index (χ0v) is 11.9. The third kappa shape index (κ3) is 4.83. The lowest BCUT2D eigenvalue weighted by Gasteiger charge is -2.21. The maximum Gasteiger partial charge on any atom is 0.0635 e. The summed E-state index contributed by atoms with van der Waals surface area (Å²) in [6.07, 6.45) is 1.82. The molecule has 0 aliphatic carbocycles. The highest BCUT2D eigenvalue weighted by Gasteiger charge is 2.14. The molecule has 0 bridgehead atoms. The van der Waals surface area contributed by atoms with E-state index in [0.29, 0.717) is 6.42 Å². The molecule has 0 saturated carbocycles. The van der Waals surface area contributed by atoms with Crippen LogP contribution in [0.4, 0.5) is 0 Å². The first-order valence-electron chi connectivity index (χ1n) is 6.84. The van der Waals surface area contributed by atoms with Crippen molar-refractivity contribution in [2.45, 2.75) is 19.4 Å². The van der Waals surface area contributed by atoms with Gasteiger partial charge in [-0.15, -0.1) is 0 Å². The molecule has 102 valence electrons. The summed E-state index contributed by atoms with van der Waals surface area (Å²) < 4.78 is 0. The standard InChI is InChI=1S/C15H20ClN3/c16-15-5-3-14(4-6-15)13-19-10-2-9-18(11-12-19)8-1-7-17/h3-6H,1-2,8-13H2. The van der Waals surface area contributed by atoms with Crippen molar-refractivity contribution >= 4 is 11.6 Å². The highest BCUT2D eigenvalue weighted by Crippen LogP contribution is 2.13. The van der Waals surface area contributed by atoms with E-state index in [1.165, 1.54) is 12.0 Å². The molecule has 1 aromatic carbocycles. The van der Waals surface area contributed by atoms with Crippen molar-refractivity contribution < 1.29 is 0 Å². The first kappa shape index (κ1) is 14.3. The Labute approximate surface area is 120 Å². The van der Waals surface area contributed by atoms with Crippen LogP contribution in [0.15, 0.2) is 24.3 Å². The number of nitrogens with zero attached hydrogens (tertiary/aromatic N) is 3. The van der Waals surface area contributed by atoms with Gasteiger partial charge in [0, 0.05) is 37.6 Å². The van der Waals surface area contributed by atoms with Crippen LogP contribution in [-0.4, -0.2) is 42.5 Å². The average molecular weight is 278 g/mol. The maximum absolute atomic E-state index is 8.64. The van der Waals surface area contributed by atoms with Crippen LogP contribution in [0.3, 0.4) is 0 Å². The summed E-state index contributed by atoms with van der Waals surface area (Å²) in [6, 6.07) is 10.3. The predicted molar refractivity (Wildman–Crippen MR) is 78.0 cm³/mol. The Morgan fingerprint density at radius 2 is 1.74 bits per heavy atom. The highest BCUT2D eigenvalue weighted by atomic mass is 35.5. The normalized spacial score (nSPS) is 17.9. The van der Waals surface area contributed by atoms with Gasteiger partial charge in [0.15, 0.2) is 0 Å². The fraction of sp³-hybridized carbons (Fsp3) is 0.533. The van der Waals surface area contributed by atoms with Gasteiger partial charge in [0.1, 0.15) is 0 Å². The largest absolute Gasteiger partial charge is 0.301 e. The van der Waals surface area contributed by atoms with Gasteiger partial charge in [0.2, 0.25) is 0 Å². The molecule has 1 aliphatic heterocycles. The van der Waals surface area contributed by atoms with Crippen LogP contribution < -0.4 is 0 Å². The maximum atomic E-state index is 8.64. The molecule has 19 heavy (non-hydrogen) atoms. The highest BCUT2D eigenvalue weighted by molar-refractivity contribution is 6.30. The zero-order chi connectivity index (χ0) is 13.5. The number of nitriles is 1. The summed E-state index contributed by atoms with van der Waals surface area (Å²) in [5, 5.41) is 9.43. The monoisotopic (exact) mass is 277 g/mol. The van der Waals surface area contributed by atoms with E-state index in [4.69, 9.17) is 16.9 Å². The fourth-order valence-corrected chi connectivity index (χ4v) is 2.59. The second kappa shape index (κ2) is 7.49. The second-order valence-electron chi connectivity index (χ2n) is 5.01. The van der Waals surface area contributed by atoms with Crippen molar-refractivity contribution in [3.8, 4) is 6.07 Å². The molecule has 1 saturated heterocycles. The van der Waals surface area contributed by atoms with E-state index in [1.807, 2.05) is 12.1 Å². The first-order chi connectivity index (χ1) is 9.28. The van der Waals surface area contributed by atoms with Crippen LogP contribution in [-0.2, 0) is 6.54 Å². The van der Waals surface area contributed by atoms with Crippen molar-refractivity contribution in [2.24, 2.45) is 0 Å².